The van der Waals surface area contributed by atoms with Crippen LogP contribution in [0.5, 0.6) is 0 Å². The van der Waals surface area contributed by atoms with Crippen molar-refractivity contribution in [2.24, 2.45) is 0 Å². The first-order valence-electron chi connectivity index (χ1n) is 19.6. The third-order valence-electron chi connectivity index (χ3n) is 8.48. The van der Waals surface area contributed by atoms with E-state index in [2.05, 4.69) is 50.3 Å². The molecule has 0 amide bonds. The Morgan fingerprint density at radius 2 is 0.705 bits per heavy atom. The molecule has 0 aromatic rings. The van der Waals surface area contributed by atoms with Gasteiger partial charge in [0.2, 0.25) is 0 Å². The Balaban J connectivity index is 3.21. The zero-order valence-corrected chi connectivity index (χ0v) is 29.8. The largest absolute Gasteiger partial charge is 0.508 e. The quantitative estimate of drug-likeness (QED) is 0.0404. The first-order valence-corrected chi connectivity index (χ1v) is 19.6. The number of hydrogen-bond donors (Lipinski definition) is 0. The van der Waals surface area contributed by atoms with Gasteiger partial charge in [0.05, 0.1) is 13.2 Å². The minimum Gasteiger partial charge on any atom is -0.434 e. The second kappa shape index (κ2) is 39.5. The molecule has 0 N–H and O–H groups in total. The van der Waals surface area contributed by atoms with Gasteiger partial charge in [-0.15, -0.1) is 0 Å². The predicted octanol–water partition coefficient (Wildman–Crippen LogP) is 14.6. The van der Waals surface area contributed by atoms with Crippen LogP contribution in [0.4, 0.5) is 4.79 Å². The average molecular weight is 617 g/mol. The normalized spacial score (nSPS) is 11.9. The maximum absolute atomic E-state index is 11.7. The van der Waals surface area contributed by atoms with Crippen LogP contribution in [-0.2, 0) is 9.47 Å². The standard InChI is InChI=1S/C41H76O3/c1-3-5-7-9-11-13-15-17-19-21-22-23-24-26-28-30-32-34-36-38-40-44-41(42)43-39-37-35-33-31-29-27-25-20-18-16-14-12-10-8-6-4-2/h6,8,12,14,18,20H,3-5,7,9-11,13,15-17,19,21-40H2,1-2H3. The monoisotopic (exact) mass is 617 g/mol. The molecule has 0 radical (unpaired) electrons. The smallest absolute Gasteiger partial charge is 0.434 e. The highest BCUT2D eigenvalue weighted by Gasteiger charge is 2.03. The van der Waals surface area contributed by atoms with Gasteiger partial charge in [-0.3, -0.25) is 0 Å². The highest BCUT2D eigenvalue weighted by molar-refractivity contribution is 5.59. The van der Waals surface area contributed by atoms with Gasteiger partial charge in [0.15, 0.2) is 0 Å². The Bertz CT molecular complexity index is 636. The highest BCUT2D eigenvalue weighted by atomic mass is 16.7. The van der Waals surface area contributed by atoms with E-state index in [1.165, 1.54) is 148 Å². The van der Waals surface area contributed by atoms with Crippen LogP contribution in [0.1, 0.15) is 206 Å². The van der Waals surface area contributed by atoms with Crippen LogP contribution in [-0.4, -0.2) is 19.4 Å². The minimum absolute atomic E-state index is 0.484. The van der Waals surface area contributed by atoms with Crippen LogP contribution >= 0.6 is 0 Å². The summed E-state index contributed by atoms with van der Waals surface area (Å²) in [4.78, 5) is 11.7. The number of carbonyl (C=O) groups excluding carboxylic acids is 1. The molecule has 0 fully saturated rings. The van der Waals surface area contributed by atoms with Crippen molar-refractivity contribution in [3.63, 3.8) is 0 Å². The van der Waals surface area contributed by atoms with Crippen LogP contribution in [0.3, 0.4) is 0 Å². The molecule has 0 bridgehead atoms. The van der Waals surface area contributed by atoms with Crippen molar-refractivity contribution >= 4 is 6.16 Å². The number of ether oxygens (including phenoxy) is 2. The molecule has 0 saturated carbocycles. The van der Waals surface area contributed by atoms with Crippen molar-refractivity contribution in [1.29, 1.82) is 0 Å². The molecule has 0 aromatic carbocycles. The maximum Gasteiger partial charge on any atom is 0.508 e. The van der Waals surface area contributed by atoms with Crippen LogP contribution in [0.2, 0.25) is 0 Å². The summed E-state index contributed by atoms with van der Waals surface area (Å²) in [5, 5.41) is 0. The second-order valence-electron chi connectivity index (χ2n) is 12.9. The lowest BCUT2D eigenvalue weighted by Gasteiger charge is -2.06. The van der Waals surface area contributed by atoms with Crippen molar-refractivity contribution < 1.29 is 14.3 Å². The Morgan fingerprint density at radius 1 is 0.386 bits per heavy atom. The fourth-order valence-corrected chi connectivity index (χ4v) is 5.61. The highest BCUT2D eigenvalue weighted by Crippen LogP contribution is 2.15. The van der Waals surface area contributed by atoms with Gasteiger partial charge in [-0.25, -0.2) is 4.79 Å². The fourth-order valence-electron chi connectivity index (χ4n) is 5.61. The molecule has 0 aliphatic heterocycles. The van der Waals surface area contributed by atoms with E-state index < -0.39 is 6.16 Å². The summed E-state index contributed by atoms with van der Waals surface area (Å²) in [7, 11) is 0. The van der Waals surface area contributed by atoms with Crippen LogP contribution in [0, 0.1) is 0 Å². The molecule has 3 heteroatoms. The van der Waals surface area contributed by atoms with E-state index in [-0.39, 0.29) is 0 Å². The van der Waals surface area contributed by atoms with E-state index in [1.54, 1.807) is 0 Å². The minimum atomic E-state index is -0.484. The summed E-state index contributed by atoms with van der Waals surface area (Å²) in [6, 6.07) is 0. The lowest BCUT2D eigenvalue weighted by molar-refractivity contribution is 0.0529. The molecule has 0 atom stereocenters. The zero-order valence-electron chi connectivity index (χ0n) is 29.8. The Morgan fingerprint density at radius 3 is 1.09 bits per heavy atom. The molecule has 44 heavy (non-hydrogen) atoms. The maximum atomic E-state index is 11.7. The van der Waals surface area contributed by atoms with Crippen molar-refractivity contribution in [3.05, 3.63) is 36.5 Å². The van der Waals surface area contributed by atoms with Gasteiger partial charge in [0, 0.05) is 0 Å². The van der Waals surface area contributed by atoms with Gasteiger partial charge < -0.3 is 9.47 Å². The van der Waals surface area contributed by atoms with Crippen LogP contribution in [0.25, 0.3) is 0 Å². The van der Waals surface area contributed by atoms with Crippen LogP contribution < -0.4 is 0 Å². The van der Waals surface area contributed by atoms with Gasteiger partial charge in [-0.1, -0.05) is 198 Å². The van der Waals surface area contributed by atoms with E-state index in [4.69, 9.17) is 9.47 Å². The summed E-state index contributed by atoms with van der Waals surface area (Å²) in [5.41, 5.74) is 0. The molecule has 0 aliphatic carbocycles. The summed E-state index contributed by atoms with van der Waals surface area (Å²) in [6.07, 6.45) is 52.0. The number of rotatable bonds is 35. The Labute approximate surface area is 276 Å². The molecule has 0 heterocycles. The molecule has 0 rings (SSSR count). The lowest BCUT2D eigenvalue weighted by Crippen LogP contribution is -2.09. The second-order valence-corrected chi connectivity index (χ2v) is 12.9. The molecule has 0 aliphatic rings. The number of hydrogen-bond acceptors (Lipinski definition) is 3. The summed E-state index contributed by atoms with van der Waals surface area (Å²) >= 11 is 0. The summed E-state index contributed by atoms with van der Waals surface area (Å²) in [5.74, 6) is 0. The van der Waals surface area contributed by atoms with E-state index in [1.807, 2.05) is 0 Å². The SMILES string of the molecule is CCC=CCC=CCC=CCCCCCCCCOC(=O)OCCCCCCCCCCCCCCCCCCCCCC. The average Bonchev–Trinajstić information content (AvgIpc) is 3.03. The van der Waals surface area contributed by atoms with Crippen LogP contribution in [0.15, 0.2) is 36.5 Å². The first-order chi connectivity index (χ1) is 21.8. The number of allylic oxidation sites excluding steroid dienone is 6. The Hall–Kier alpha value is -1.51. The van der Waals surface area contributed by atoms with Crippen molar-refractivity contribution in [2.75, 3.05) is 13.2 Å². The first kappa shape index (κ1) is 42.5. The molecule has 0 unspecified atom stereocenters. The molecular formula is C41H76O3. The summed E-state index contributed by atoms with van der Waals surface area (Å²) in [6.45, 7) is 5.45. The third-order valence-corrected chi connectivity index (χ3v) is 8.48. The van der Waals surface area contributed by atoms with Crippen molar-refractivity contribution in [1.82, 2.24) is 0 Å². The topological polar surface area (TPSA) is 35.5 Å². The lowest BCUT2D eigenvalue weighted by atomic mass is 10.0. The molecule has 0 aromatic heterocycles. The third kappa shape index (κ3) is 38.5. The van der Waals surface area contributed by atoms with Gasteiger partial charge >= 0.3 is 6.16 Å². The number of carbonyl (C=O) groups is 1. The molecular weight excluding hydrogens is 540 g/mol. The Kier molecular flexibility index (Phi) is 38.2. The number of unbranched alkanes of at least 4 members (excludes halogenated alkanes) is 25. The zero-order chi connectivity index (χ0) is 31.9. The van der Waals surface area contributed by atoms with Gasteiger partial charge in [0.1, 0.15) is 0 Å². The fraction of sp³-hybridized carbons (Fsp3) is 0.829. The van der Waals surface area contributed by atoms with E-state index in [0.29, 0.717) is 13.2 Å². The molecule has 0 spiro atoms. The predicted molar refractivity (Wildman–Crippen MR) is 195 cm³/mol. The van der Waals surface area contributed by atoms with E-state index in [9.17, 15) is 4.79 Å². The van der Waals surface area contributed by atoms with Crippen molar-refractivity contribution in [2.45, 2.75) is 206 Å². The molecule has 258 valence electrons. The van der Waals surface area contributed by atoms with Gasteiger partial charge in [-0.2, -0.15) is 0 Å². The van der Waals surface area contributed by atoms with E-state index >= 15 is 0 Å². The van der Waals surface area contributed by atoms with Gasteiger partial charge in [-0.05, 0) is 44.9 Å². The molecule has 0 saturated heterocycles. The molecule has 3 nitrogen and oxygen atoms in total. The van der Waals surface area contributed by atoms with Crippen molar-refractivity contribution in [3.8, 4) is 0 Å². The van der Waals surface area contributed by atoms with Gasteiger partial charge in [0.25, 0.3) is 0 Å². The van der Waals surface area contributed by atoms with E-state index in [0.717, 1.165) is 44.9 Å². The summed E-state index contributed by atoms with van der Waals surface area (Å²) < 4.78 is 10.5.